The number of quaternary nitrogens is 1. The van der Waals surface area contributed by atoms with Crippen molar-refractivity contribution in [1.82, 2.24) is 0 Å². The Hall–Kier alpha value is -4.31. The summed E-state index contributed by atoms with van der Waals surface area (Å²) in [6, 6.07) is 0. The molecule has 75 heavy (non-hydrogen) atoms. The molecule has 0 rings (SSSR count). The average molecular weight is 1050 g/mol. The molecule has 426 valence electrons. The number of likely N-dealkylation sites (N-methyl/N-ethyl adjacent to an activating group) is 1. The molecule has 1 N–H and O–H groups in total. The Bertz CT molecular complexity index is 1640. The molecule has 0 aromatic carbocycles. The lowest BCUT2D eigenvalue weighted by atomic mass is 10.0. The summed E-state index contributed by atoms with van der Waals surface area (Å²) in [4.78, 5) is 37.4. The van der Waals surface area contributed by atoms with Gasteiger partial charge in [-0.3, -0.25) is 9.59 Å². The first kappa shape index (κ1) is 70.7. The lowest BCUT2D eigenvalue weighted by molar-refractivity contribution is -0.870. The molecule has 0 aromatic heterocycles. The van der Waals surface area contributed by atoms with Gasteiger partial charge in [0, 0.05) is 12.8 Å². The van der Waals surface area contributed by atoms with Crippen LogP contribution in [0.25, 0.3) is 0 Å². The summed E-state index contributed by atoms with van der Waals surface area (Å²) >= 11 is 0. The zero-order chi connectivity index (χ0) is 54.8. The molecule has 0 amide bonds. The van der Waals surface area contributed by atoms with Crippen LogP contribution in [0.4, 0.5) is 0 Å². The molecule has 0 heterocycles. The average Bonchev–Trinajstić information content (AvgIpc) is 3.38. The number of allylic oxidation sites excluding steroid dienone is 20. The normalized spacial score (nSPS) is 13.7. The molecule has 0 aliphatic rings. The topological polar surface area (TPSA) is 108 Å². The van der Waals surface area contributed by atoms with Crippen molar-refractivity contribution in [3.05, 3.63) is 122 Å². The van der Waals surface area contributed by atoms with Gasteiger partial charge in [-0.2, -0.15) is 0 Å². The Labute approximate surface area is 459 Å². The van der Waals surface area contributed by atoms with Gasteiger partial charge in [-0.05, 0) is 89.9 Å². The molecule has 0 spiro atoms. The van der Waals surface area contributed by atoms with Crippen molar-refractivity contribution in [2.24, 2.45) is 0 Å². The zero-order valence-corrected chi connectivity index (χ0v) is 48.4. The lowest BCUT2D eigenvalue weighted by Crippen LogP contribution is -2.40. The van der Waals surface area contributed by atoms with Gasteiger partial charge in [0.2, 0.25) is 0 Å². The van der Waals surface area contributed by atoms with Crippen LogP contribution in [0.15, 0.2) is 122 Å². The monoisotopic (exact) mass is 1040 g/mol. The van der Waals surface area contributed by atoms with Crippen LogP contribution in [0, 0.1) is 0 Å². The molecule has 9 nitrogen and oxygen atoms in total. The van der Waals surface area contributed by atoms with Gasteiger partial charge in [0.25, 0.3) is 6.29 Å². The zero-order valence-electron chi connectivity index (χ0n) is 48.4. The Morgan fingerprint density at radius 2 is 0.760 bits per heavy atom. The van der Waals surface area contributed by atoms with Crippen molar-refractivity contribution in [2.45, 2.75) is 232 Å². The van der Waals surface area contributed by atoms with Crippen LogP contribution in [0.5, 0.6) is 0 Å². The molecule has 0 saturated heterocycles. The van der Waals surface area contributed by atoms with E-state index in [2.05, 4.69) is 135 Å². The largest absolute Gasteiger partial charge is 0.477 e. The molecule has 9 heteroatoms. The number of rotatable bonds is 53. The highest BCUT2D eigenvalue weighted by molar-refractivity contribution is 5.71. The summed E-state index contributed by atoms with van der Waals surface area (Å²) < 4.78 is 22.8. The second-order valence-corrected chi connectivity index (χ2v) is 20.6. The van der Waals surface area contributed by atoms with E-state index in [-0.39, 0.29) is 38.6 Å². The summed E-state index contributed by atoms with van der Waals surface area (Å²) in [5, 5.41) is 9.70. The van der Waals surface area contributed by atoms with Gasteiger partial charge < -0.3 is 28.5 Å². The van der Waals surface area contributed by atoms with E-state index in [4.69, 9.17) is 18.9 Å². The standard InChI is InChI=1S/C66H109NO8/c1-6-8-10-12-14-16-18-20-22-24-25-26-27-28-29-30-31-32-33-34-35-36-37-38-39-41-43-45-47-49-51-53-55-57-64(69)75-62(61-74-66(65(70)71)72-59-58-67(3,4)5)60-73-63(68)56-54-52-50-48-46-44-42-40-23-21-19-17-15-13-11-9-7-2/h8,10,14,16,20,22,25-26,28-29,31-32,34-35,37-38,41,43,47,49,62,66H,6-7,9,11-13,15,17-19,21,23-24,27,30,33,36,39-40,42,44-46,48,50-61H2,1-5H3/p+1/b10-8-,16-14-,22-20-,26-25-,29-28-,32-31-,35-34-,38-37-,43-41-,49-47-. The second-order valence-electron chi connectivity index (χ2n) is 20.6. The number of ether oxygens (including phenoxy) is 4. The molecule has 0 aliphatic carbocycles. The van der Waals surface area contributed by atoms with Gasteiger partial charge in [-0.25, -0.2) is 4.79 Å². The van der Waals surface area contributed by atoms with Crippen molar-refractivity contribution in [3.63, 3.8) is 0 Å². The molecule has 2 unspecified atom stereocenters. The molecule has 2 atom stereocenters. The minimum absolute atomic E-state index is 0.174. The van der Waals surface area contributed by atoms with Crippen LogP contribution in [0.2, 0.25) is 0 Å². The van der Waals surface area contributed by atoms with Crippen molar-refractivity contribution in [3.8, 4) is 0 Å². The fourth-order valence-electron chi connectivity index (χ4n) is 7.69. The van der Waals surface area contributed by atoms with Gasteiger partial charge in [-0.15, -0.1) is 0 Å². The maximum atomic E-state index is 12.9. The quantitative estimate of drug-likeness (QED) is 0.0211. The van der Waals surface area contributed by atoms with Crippen LogP contribution in [0.1, 0.15) is 219 Å². The van der Waals surface area contributed by atoms with Crippen molar-refractivity contribution in [2.75, 3.05) is 47.5 Å². The molecular formula is C66H110NO8+. The summed E-state index contributed by atoms with van der Waals surface area (Å²) in [6.45, 7) is 4.71. The summed E-state index contributed by atoms with van der Waals surface area (Å²) in [5.41, 5.74) is 0. The SMILES string of the molecule is CC/C=C\C/C=C\C/C=C\C/C=C\C/C=C\C/C=C\C/C=C\C/C=C\C/C=C\C/C=C\CCCCC(=O)OC(COC(=O)CCCCCCCCCCCCCCCCCCC)COC(OCC[N+](C)(C)C)C(=O)O. The highest BCUT2D eigenvalue weighted by atomic mass is 16.7. The molecule has 0 saturated carbocycles. The van der Waals surface area contributed by atoms with E-state index in [1.54, 1.807) is 0 Å². The van der Waals surface area contributed by atoms with E-state index < -0.39 is 24.3 Å². The fraction of sp³-hybridized carbons (Fsp3) is 0.652. The Morgan fingerprint density at radius 3 is 1.13 bits per heavy atom. The van der Waals surface area contributed by atoms with Gasteiger partial charge in [0.05, 0.1) is 34.4 Å². The lowest BCUT2D eigenvalue weighted by Gasteiger charge is -2.25. The predicted molar refractivity (Wildman–Crippen MR) is 318 cm³/mol. The van der Waals surface area contributed by atoms with Crippen LogP contribution < -0.4 is 0 Å². The molecule has 0 bridgehead atoms. The number of carboxylic acids is 1. The third-order valence-corrected chi connectivity index (χ3v) is 12.2. The number of aliphatic carboxylic acids is 1. The van der Waals surface area contributed by atoms with Gasteiger partial charge in [0.15, 0.2) is 6.10 Å². The number of unbranched alkanes of at least 4 members (excludes halogenated alkanes) is 18. The molecule has 0 fully saturated rings. The van der Waals surface area contributed by atoms with Gasteiger partial charge >= 0.3 is 17.9 Å². The van der Waals surface area contributed by atoms with Gasteiger partial charge in [0.1, 0.15) is 13.2 Å². The van der Waals surface area contributed by atoms with E-state index >= 15 is 0 Å². The van der Waals surface area contributed by atoms with Crippen LogP contribution >= 0.6 is 0 Å². The van der Waals surface area contributed by atoms with Crippen LogP contribution in [-0.4, -0.2) is 87.4 Å². The minimum Gasteiger partial charge on any atom is -0.477 e. The first-order valence-electron chi connectivity index (χ1n) is 29.7. The van der Waals surface area contributed by atoms with E-state index in [0.717, 1.165) is 96.3 Å². The summed E-state index contributed by atoms with van der Waals surface area (Å²) in [6.07, 6.45) is 75.7. The third kappa shape index (κ3) is 57.2. The molecule has 0 radical (unpaired) electrons. The predicted octanol–water partition coefficient (Wildman–Crippen LogP) is 17.7. The minimum atomic E-state index is -1.53. The number of nitrogens with zero attached hydrogens (tertiary/aromatic N) is 1. The van der Waals surface area contributed by atoms with E-state index in [1.807, 2.05) is 21.1 Å². The highest BCUT2D eigenvalue weighted by Gasteiger charge is 2.25. The number of carbonyl (C=O) groups is 3. The van der Waals surface area contributed by atoms with Crippen molar-refractivity contribution >= 4 is 17.9 Å². The summed E-state index contributed by atoms with van der Waals surface area (Å²) in [5.74, 6) is -2.07. The third-order valence-electron chi connectivity index (χ3n) is 12.2. The van der Waals surface area contributed by atoms with Crippen molar-refractivity contribution in [1.29, 1.82) is 0 Å². The van der Waals surface area contributed by atoms with E-state index in [9.17, 15) is 19.5 Å². The number of carboxylic acid groups (broad SMARTS) is 1. The van der Waals surface area contributed by atoms with Gasteiger partial charge in [-0.1, -0.05) is 238 Å². The number of esters is 2. The Morgan fingerprint density at radius 1 is 0.413 bits per heavy atom. The Balaban J connectivity index is 4.35. The molecular weight excluding hydrogens is 935 g/mol. The number of hydrogen-bond donors (Lipinski definition) is 1. The van der Waals surface area contributed by atoms with E-state index in [1.165, 1.54) is 89.9 Å². The maximum absolute atomic E-state index is 12.9. The first-order valence-corrected chi connectivity index (χ1v) is 29.7. The maximum Gasteiger partial charge on any atom is 0.361 e. The van der Waals surface area contributed by atoms with Crippen LogP contribution in [0.3, 0.4) is 0 Å². The smallest absolute Gasteiger partial charge is 0.361 e. The van der Waals surface area contributed by atoms with Crippen LogP contribution in [-0.2, 0) is 33.3 Å². The highest BCUT2D eigenvalue weighted by Crippen LogP contribution is 2.15. The molecule has 0 aliphatic heterocycles. The second kappa shape index (κ2) is 55.9. The number of carbonyl (C=O) groups excluding carboxylic acids is 2. The first-order chi connectivity index (χ1) is 36.6. The fourth-order valence-corrected chi connectivity index (χ4v) is 7.69. The Kier molecular flexibility index (Phi) is 52.7. The molecule has 0 aromatic rings. The summed E-state index contributed by atoms with van der Waals surface area (Å²) in [7, 11) is 5.94. The van der Waals surface area contributed by atoms with E-state index in [0.29, 0.717) is 17.4 Å². The van der Waals surface area contributed by atoms with Crippen molar-refractivity contribution < 1.29 is 42.9 Å². The number of hydrogen-bond acceptors (Lipinski definition) is 7.